The van der Waals surface area contributed by atoms with Gasteiger partial charge in [-0.3, -0.25) is 9.59 Å². The van der Waals surface area contributed by atoms with Gasteiger partial charge in [-0.25, -0.2) is 4.79 Å². The van der Waals surface area contributed by atoms with Crippen LogP contribution in [0, 0.1) is 5.92 Å². The van der Waals surface area contributed by atoms with E-state index in [4.69, 9.17) is 0 Å². The molecule has 4 amide bonds. The number of likely N-dealkylation sites (tertiary alicyclic amines) is 1. The van der Waals surface area contributed by atoms with Crippen molar-refractivity contribution in [2.24, 2.45) is 5.92 Å². The van der Waals surface area contributed by atoms with Gasteiger partial charge in [0.05, 0.1) is 0 Å². The molecule has 1 fully saturated rings. The smallest absolute Gasteiger partial charge is 0.319 e. The van der Waals surface area contributed by atoms with Gasteiger partial charge in [0.1, 0.15) is 6.04 Å². The van der Waals surface area contributed by atoms with Crippen LogP contribution >= 0.6 is 0 Å². The molecule has 1 unspecified atom stereocenters. The normalized spacial score (nSPS) is 15.7. The number of carbonyl (C=O) groups is 3. The molecule has 7 heteroatoms. The highest BCUT2D eigenvalue weighted by Crippen LogP contribution is 2.11. The van der Waals surface area contributed by atoms with Gasteiger partial charge in [0, 0.05) is 31.7 Å². The fourth-order valence-electron chi connectivity index (χ4n) is 3.23. The largest absolute Gasteiger partial charge is 0.354 e. The van der Waals surface area contributed by atoms with Crippen molar-refractivity contribution in [2.75, 3.05) is 25.0 Å². The topological polar surface area (TPSA) is 90.5 Å². The van der Waals surface area contributed by atoms with Crippen LogP contribution in [0.1, 0.15) is 46.0 Å². The Hall–Kier alpha value is -2.57. The van der Waals surface area contributed by atoms with Gasteiger partial charge in [0.2, 0.25) is 11.8 Å². The molecular weight excluding hydrogens is 356 g/mol. The van der Waals surface area contributed by atoms with E-state index in [-0.39, 0.29) is 17.7 Å². The van der Waals surface area contributed by atoms with Gasteiger partial charge in [0.15, 0.2) is 0 Å². The van der Waals surface area contributed by atoms with Crippen molar-refractivity contribution in [3.05, 3.63) is 30.3 Å². The van der Waals surface area contributed by atoms with Crippen molar-refractivity contribution in [3.8, 4) is 0 Å². The monoisotopic (exact) mass is 388 g/mol. The molecule has 1 heterocycles. The molecule has 1 aliphatic rings. The third-order valence-electron chi connectivity index (χ3n) is 4.84. The van der Waals surface area contributed by atoms with Crippen molar-refractivity contribution in [2.45, 2.75) is 52.0 Å². The SMILES string of the molecule is CC(C)C(NC(=O)Nc1ccccc1)C(=O)NCCCN1CCCCCC1=O. The van der Waals surface area contributed by atoms with E-state index >= 15 is 0 Å². The third kappa shape index (κ3) is 7.21. The van der Waals surface area contributed by atoms with Crippen LogP contribution in [-0.4, -0.2) is 48.4 Å². The minimum Gasteiger partial charge on any atom is -0.354 e. The second kappa shape index (κ2) is 11.3. The Morgan fingerprint density at radius 1 is 1.11 bits per heavy atom. The maximum atomic E-state index is 12.5. The summed E-state index contributed by atoms with van der Waals surface area (Å²) >= 11 is 0. The Morgan fingerprint density at radius 2 is 1.86 bits per heavy atom. The van der Waals surface area contributed by atoms with Crippen LogP contribution in [0.2, 0.25) is 0 Å². The lowest BCUT2D eigenvalue weighted by atomic mass is 10.0. The first kappa shape index (κ1) is 21.7. The Labute approximate surface area is 167 Å². The number of hydrogen-bond donors (Lipinski definition) is 3. The van der Waals surface area contributed by atoms with Gasteiger partial charge < -0.3 is 20.9 Å². The Bertz CT molecular complexity index is 648. The molecule has 154 valence electrons. The number of hydrogen-bond acceptors (Lipinski definition) is 3. The van der Waals surface area contributed by atoms with Gasteiger partial charge in [0.25, 0.3) is 0 Å². The number of rotatable bonds is 8. The van der Waals surface area contributed by atoms with Gasteiger partial charge >= 0.3 is 6.03 Å². The van der Waals surface area contributed by atoms with E-state index in [0.29, 0.717) is 31.6 Å². The Morgan fingerprint density at radius 3 is 2.57 bits per heavy atom. The summed E-state index contributed by atoms with van der Waals surface area (Å²) in [7, 11) is 0. The Kier molecular flexibility index (Phi) is 8.78. The van der Waals surface area contributed by atoms with Crippen LogP contribution in [0.15, 0.2) is 30.3 Å². The minimum absolute atomic E-state index is 0.0475. The molecule has 0 aromatic heterocycles. The maximum absolute atomic E-state index is 12.5. The van der Waals surface area contributed by atoms with Gasteiger partial charge in [-0.1, -0.05) is 38.5 Å². The first-order chi connectivity index (χ1) is 13.5. The zero-order valence-electron chi connectivity index (χ0n) is 16.9. The summed E-state index contributed by atoms with van der Waals surface area (Å²) in [5.41, 5.74) is 0.671. The fraction of sp³-hybridized carbons (Fsp3) is 0.571. The second-order valence-electron chi connectivity index (χ2n) is 7.52. The number of nitrogens with zero attached hydrogens (tertiary/aromatic N) is 1. The van der Waals surface area contributed by atoms with Crippen LogP contribution in [0.4, 0.5) is 10.5 Å². The van der Waals surface area contributed by atoms with Crippen LogP contribution < -0.4 is 16.0 Å². The summed E-state index contributed by atoms with van der Waals surface area (Å²) < 4.78 is 0. The zero-order valence-corrected chi connectivity index (χ0v) is 16.9. The molecule has 0 spiro atoms. The first-order valence-electron chi connectivity index (χ1n) is 10.2. The molecule has 1 aliphatic heterocycles. The highest BCUT2D eigenvalue weighted by atomic mass is 16.2. The average Bonchev–Trinajstić information content (AvgIpc) is 2.88. The second-order valence-corrected chi connectivity index (χ2v) is 7.52. The number of carbonyl (C=O) groups excluding carboxylic acids is 3. The first-order valence-corrected chi connectivity index (χ1v) is 10.2. The molecule has 1 saturated heterocycles. The van der Waals surface area contributed by atoms with Gasteiger partial charge in [-0.2, -0.15) is 0 Å². The van der Waals surface area contributed by atoms with E-state index in [0.717, 1.165) is 25.8 Å². The van der Waals surface area contributed by atoms with E-state index in [1.54, 1.807) is 12.1 Å². The molecule has 0 radical (unpaired) electrons. The molecule has 28 heavy (non-hydrogen) atoms. The molecule has 7 nitrogen and oxygen atoms in total. The van der Waals surface area contributed by atoms with Crippen molar-refractivity contribution in [3.63, 3.8) is 0 Å². The highest BCUT2D eigenvalue weighted by Gasteiger charge is 2.24. The lowest BCUT2D eigenvalue weighted by Crippen LogP contribution is -2.51. The van der Waals surface area contributed by atoms with Crippen LogP contribution in [0.25, 0.3) is 0 Å². The summed E-state index contributed by atoms with van der Waals surface area (Å²) in [6.07, 6.45) is 4.46. The van der Waals surface area contributed by atoms with Gasteiger partial charge in [-0.05, 0) is 37.3 Å². The number of nitrogens with one attached hydrogen (secondary N) is 3. The summed E-state index contributed by atoms with van der Waals surface area (Å²) in [6.45, 7) is 5.73. The summed E-state index contributed by atoms with van der Waals surface area (Å²) in [4.78, 5) is 38.6. The molecular formula is C21H32N4O3. The Balaban J connectivity index is 1.75. The van der Waals surface area contributed by atoms with E-state index in [2.05, 4.69) is 16.0 Å². The van der Waals surface area contributed by atoms with Crippen LogP contribution in [-0.2, 0) is 9.59 Å². The number of amides is 4. The molecule has 0 aliphatic carbocycles. The number of para-hydroxylation sites is 1. The third-order valence-corrected chi connectivity index (χ3v) is 4.84. The number of anilines is 1. The van der Waals surface area contributed by atoms with Crippen molar-refractivity contribution in [1.29, 1.82) is 0 Å². The molecule has 1 aromatic rings. The number of urea groups is 1. The van der Waals surface area contributed by atoms with Crippen LogP contribution in [0.3, 0.4) is 0 Å². The van der Waals surface area contributed by atoms with E-state index in [1.807, 2.05) is 36.9 Å². The summed E-state index contributed by atoms with van der Waals surface area (Å²) in [5, 5.41) is 8.36. The highest BCUT2D eigenvalue weighted by molar-refractivity contribution is 5.93. The van der Waals surface area contributed by atoms with Gasteiger partial charge in [-0.15, -0.1) is 0 Å². The standard InChI is InChI=1S/C21H32N4O3/c1-16(2)19(24-21(28)23-17-10-5-3-6-11-17)20(27)22-13-9-15-25-14-8-4-7-12-18(25)26/h3,5-6,10-11,16,19H,4,7-9,12-15H2,1-2H3,(H,22,27)(H2,23,24,28). The maximum Gasteiger partial charge on any atom is 0.319 e. The van der Waals surface area contributed by atoms with Crippen molar-refractivity contribution in [1.82, 2.24) is 15.5 Å². The quantitative estimate of drug-likeness (QED) is 0.598. The van der Waals surface area contributed by atoms with Crippen molar-refractivity contribution >= 4 is 23.5 Å². The molecule has 1 atom stereocenters. The van der Waals surface area contributed by atoms with Crippen LogP contribution in [0.5, 0.6) is 0 Å². The van der Waals surface area contributed by atoms with Crippen molar-refractivity contribution < 1.29 is 14.4 Å². The predicted octanol–water partition coefficient (Wildman–Crippen LogP) is 2.74. The summed E-state index contributed by atoms with van der Waals surface area (Å²) in [6, 6.07) is 8.07. The lowest BCUT2D eigenvalue weighted by Gasteiger charge is -2.23. The molecule has 0 bridgehead atoms. The molecule has 3 N–H and O–H groups in total. The minimum atomic E-state index is -0.622. The van der Waals surface area contributed by atoms with E-state index < -0.39 is 12.1 Å². The van der Waals surface area contributed by atoms with E-state index in [1.165, 1.54) is 0 Å². The number of benzene rings is 1. The lowest BCUT2D eigenvalue weighted by molar-refractivity contribution is -0.130. The van der Waals surface area contributed by atoms with E-state index in [9.17, 15) is 14.4 Å². The molecule has 2 rings (SSSR count). The summed E-state index contributed by atoms with van der Waals surface area (Å²) in [5.74, 6) is -0.0442. The molecule has 1 aromatic carbocycles. The zero-order chi connectivity index (χ0) is 20.4. The fourth-order valence-corrected chi connectivity index (χ4v) is 3.23. The average molecular weight is 389 g/mol. The predicted molar refractivity (Wildman–Crippen MR) is 110 cm³/mol. The molecule has 0 saturated carbocycles.